The predicted octanol–water partition coefficient (Wildman–Crippen LogP) is 6.88. The molecular weight excluding hydrogens is 518 g/mol. The van der Waals surface area contributed by atoms with Crippen LogP contribution in [-0.2, 0) is 11.2 Å². The van der Waals surface area contributed by atoms with E-state index in [4.69, 9.17) is 10.1 Å². The fourth-order valence-electron chi connectivity index (χ4n) is 4.19. The minimum atomic E-state index is -0.820. The monoisotopic (exact) mass is 547 g/mol. The number of nitrogens with one attached hydrogen (secondary N) is 2. The Bertz CT molecular complexity index is 1380. The summed E-state index contributed by atoms with van der Waals surface area (Å²) in [5.41, 5.74) is 5.78. The molecule has 4 rings (SSSR count). The Morgan fingerprint density at radius 1 is 1.08 bits per heavy atom. The molecule has 0 saturated heterocycles. The molecule has 0 radical (unpaired) electrons. The average molecular weight is 548 g/mol. The van der Waals surface area contributed by atoms with Crippen molar-refractivity contribution in [2.75, 3.05) is 6.54 Å². The van der Waals surface area contributed by atoms with Gasteiger partial charge in [-0.25, -0.2) is 4.99 Å². The number of carbonyl (C=O) groups is 1. The Morgan fingerprint density at radius 2 is 1.81 bits per heavy atom. The van der Waals surface area contributed by atoms with Gasteiger partial charge in [0, 0.05) is 27.9 Å². The van der Waals surface area contributed by atoms with Crippen molar-refractivity contribution >= 4 is 44.2 Å². The van der Waals surface area contributed by atoms with Crippen molar-refractivity contribution in [3.63, 3.8) is 0 Å². The van der Waals surface area contributed by atoms with Gasteiger partial charge in [0.05, 0.1) is 22.5 Å². The number of benzene rings is 3. The van der Waals surface area contributed by atoms with Crippen LogP contribution in [0, 0.1) is 0 Å². The number of aliphatic imine (C=N–C) groups is 1. The number of aromatic nitrogens is 1. The molecule has 0 saturated carbocycles. The van der Waals surface area contributed by atoms with Crippen LogP contribution in [0.2, 0.25) is 0 Å². The van der Waals surface area contributed by atoms with Gasteiger partial charge in [0.1, 0.15) is 0 Å². The number of carboxylic acid groups (broad SMARTS) is 1. The first-order valence-electron chi connectivity index (χ1n) is 12.1. The number of aliphatic carboxylic acids is 1. The van der Waals surface area contributed by atoms with Crippen LogP contribution in [0.5, 0.6) is 5.88 Å². The number of H-pyrrole nitrogens is 1. The van der Waals surface area contributed by atoms with Gasteiger partial charge in [-0.3, -0.25) is 4.79 Å². The zero-order valence-corrected chi connectivity index (χ0v) is 22.0. The number of rotatable bonds is 10. The van der Waals surface area contributed by atoms with E-state index < -0.39 is 5.97 Å². The SMILES string of the molecule is CCCNC(C)c1ccc(N=C(c2ccc(CCC(=O)O)cc2)c2c(O)[nH]c3cc(Br)ccc23)cc1. The molecule has 1 aromatic heterocycles. The van der Waals surface area contributed by atoms with Crippen LogP contribution in [0.1, 0.15) is 55.0 Å². The Kier molecular flexibility index (Phi) is 8.23. The summed E-state index contributed by atoms with van der Waals surface area (Å²) in [6.45, 7) is 5.26. The van der Waals surface area contributed by atoms with E-state index in [2.05, 4.69) is 52.2 Å². The lowest BCUT2D eigenvalue weighted by molar-refractivity contribution is -0.136. The average Bonchev–Trinajstić information content (AvgIpc) is 3.19. The molecule has 0 aliphatic carbocycles. The van der Waals surface area contributed by atoms with Crippen molar-refractivity contribution in [2.24, 2.45) is 4.99 Å². The van der Waals surface area contributed by atoms with Gasteiger partial charge in [-0.1, -0.05) is 65.3 Å². The Hall–Kier alpha value is -3.42. The topological polar surface area (TPSA) is 97.7 Å². The second-order valence-corrected chi connectivity index (χ2v) is 9.77. The van der Waals surface area contributed by atoms with Crippen molar-refractivity contribution < 1.29 is 15.0 Å². The largest absolute Gasteiger partial charge is 0.494 e. The lowest BCUT2D eigenvalue weighted by atomic mass is 9.98. The first kappa shape index (κ1) is 25.7. The maximum absolute atomic E-state index is 11.0. The molecule has 4 aromatic rings. The minimum Gasteiger partial charge on any atom is -0.494 e. The third-order valence-electron chi connectivity index (χ3n) is 6.17. The number of nitrogens with zero attached hydrogens (tertiary/aromatic N) is 1. The first-order valence-corrected chi connectivity index (χ1v) is 12.9. The van der Waals surface area contributed by atoms with Crippen LogP contribution in [-0.4, -0.2) is 33.4 Å². The number of halogens is 1. The third-order valence-corrected chi connectivity index (χ3v) is 6.66. The van der Waals surface area contributed by atoms with Gasteiger partial charge in [-0.15, -0.1) is 0 Å². The fourth-order valence-corrected chi connectivity index (χ4v) is 4.55. The van der Waals surface area contributed by atoms with Gasteiger partial charge in [0.2, 0.25) is 0 Å². The summed E-state index contributed by atoms with van der Waals surface area (Å²) >= 11 is 3.49. The lowest BCUT2D eigenvalue weighted by Gasteiger charge is -2.14. The van der Waals surface area contributed by atoms with Crippen molar-refractivity contribution in [1.29, 1.82) is 0 Å². The van der Waals surface area contributed by atoms with Gasteiger partial charge >= 0.3 is 5.97 Å². The molecule has 1 unspecified atom stereocenters. The molecular formula is C29H30BrN3O3. The van der Waals surface area contributed by atoms with E-state index in [0.717, 1.165) is 45.2 Å². The standard InChI is InChI=1S/C29H30BrN3O3/c1-3-16-31-18(2)20-9-12-23(13-10-20)32-28(21-7-4-19(5-8-21)6-15-26(34)35)27-24-14-11-22(30)17-25(24)33-29(27)36/h4-5,7-14,17-18,31,33,36H,3,6,15-16H2,1-2H3,(H,34,35). The van der Waals surface area contributed by atoms with Crippen LogP contribution in [0.4, 0.5) is 5.69 Å². The molecule has 1 heterocycles. The summed E-state index contributed by atoms with van der Waals surface area (Å²) in [5, 5.41) is 24.3. The Morgan fingerprint density at radius 3 is 2.47 bits per heavy atom. The van der Waals surface area contributed by atoms with Crippen LogP contribution >= 0.6 is 15.9 Å². The van der Waals surface area contributed by atoms with E-state index in [0.29, 0.717) is 17.7 Å². The van der Waals surface area contributed by atoms with E-state index in [9.17, 15) is 9.90 Å². The van der Waals surface area contributed by atoms with Crippen molar-refractivity contribution in [1.82, 2.24) is 10.3 Å². The number of aromatic hydroxyl groups is 1. The third kappa shape index (κ3) is 6.04. The summed E-state index contributed by atoms with van der Waals surface area (Å²) in [5.74, 6) is -0.773. The van der Waals surface area contributed by atoms with E-state index in [1.807, 2.05) is 54.6 Å². The molecule has 0 aliphatic rings. The van der Waals surface area contributed by atoms with Gasteiger partial charge in [-0.05, 0) is 61.7 Å². The highest BCUT2D eigenvalue weighted by Gasteiger charge is 2.19. The zero-order chi connectivity index (χ0) is 25.7. The Labute approximate surface area is 219 Å². The second kappa shape index (κ2) is 11.5. The summed E-state index contributed by atoms with van der Waals surface area (Å²) in [7, 11) is 0. The van der Waals surface area contributed by atoms with Crippen molar-refractivity contribution in [3.05, 3.63) is 93.5 Å². The molecule has 7 heteroatoms. The smallest absolute Gasteiger partial charge is 0.303 e. The molecule has 0 amide bonds. The number of hydrogen-bond donors (Lipinski definition) is 4. The molecule has 0 bridgehead atoms. The summed E-state index contributed by atoms with van der Waals surface area (Å²) in [6.07, 6.45) is 1.62. The summed E-state index contributed by atoms with van der Waals surface area (Å²) in [6, 6.07) is 21.9. The van der Waals surface area contributed by atoms with E-state index >= 15 is 0 Å². The van der Waals surface area contributed by atoms with Gasteiger partial charge in [0.15, 0.2) is 5.88 Å². The summed E-state index contributed by atoms with van der Waals surface area (Å²) in [4.78, 5) is 19.0. The van der Waals surface area contributed by atoms with Crippen LogP contribution in [0.3, 0.4) is 0 Å². The number of aryl methyl sites for hydroxylation is 1. The first-order chi connectivity index (χ1) is 17.4. The van der Waals surface area contributed by atoms with E-state index in [-0.39, 0.29) is 18.3 Å². The van der Waals surface area contributed by atoms with E-state index in [1.165, 1.54) is 5.56 Å². The maximum Gasteiger partial charge on any atom is 0.303 e. The highest BCUT2D eigenvalue weighted by Crippen LogP contribution is 2.33. The molecule has 4 N–H and O–H groups in total. The van der Waals surface area contributed by atoms with Crippen molar-refractivity contribution in [3.8, 4) is 5.88 Å². The Balaban J connectivity index is 1.76. The fraction of sp³-hybridized carbons (Fsp3) is 0.241. The molecule has 1 atom stereocenters. The van der Waals surface area contributed by atoms with Crippen LogP contribution in [0.15, 0.2) is 76.2 Å². The molecule has 186 valence electrons. The molecule has 0 fully saturated rings. The second-order valence-electron chi connectivity index (χ2n) is 8.86. The molecule has 6 nitrogen and oxygen atoms in total. The lowest BCUT2D eigenvalue weighted by Crippen LogP contribution is -2.19. The van der Waals surface area contributed by atoms with E-state index in [1.54, 1.807) is 0 Å². The minimum absolute atomic E-state index is 0.0470. The summed E-state index contributed by atoms with van der Waals surface area (Å²) < 4.78 is 0.908. The highest BCUT2D eigenvalue weighted by atomic mass is 79.9. The normalized spacial score (nSPS) is 12.7. The molecule has 36 heavy (non-hydrogen) atoms. The van der Waals surface area contributed by atoms with Gasteiger partial charge in [0.25, 0.3) is 0 Å². The van der Waals surface area contributed by atoms with Crippen LogP contribution < -0.4 is 5.32 Å². The predicted molar refractivity (Wildman–Crippen MR) is 149 cm³/mol. The quantitative estimate of drug-likeness (QED) is 0.162. The number of hydrogen-bond acceptors (Lipinski definition) is 4. The molecule has 3 aromatic carbocycles. The maximum atomic E-state index is 11.0. The number of fused-ring (bicyclic) bond motifs is 1. The molecule has 0 spiro atoms. The number of aromatic amines is 1. The van der Waals surface area contributed by atoms with Gasteiger partial charge < -0.3 is 20.5 Å². The molecule has 0 aliphatic heterocycles. The number of carboxylic acids is 1. The zero-order valence-electron chi connectivity index (χ0n) is 20.4. The van der Waals surface area contributed by atoms with Gasteiger partial charge in [-0.2, -0.15) is 0 Å². The van der Waals surface area contributed by atoms with Crippen LogP contribution in [0.25, 0.3) is 10.9 Å². The van der Waals surface area contributed by atoms with Crippen molar-refractivity contribution in [2.45, 2.75) is 39.2 Å². The highest BCUT2D eigenvalue weighted by molar-refractivity contribution is 9.10.